The van der Waals surface area contributed by atoms with Gasteiger partial charge in [-0.1, -0.05) is 12.1 Å². The molecule has 0 aromatic heterocycles. The van der Waals surface area contributed by atoms with E-state index in [1.807, 2.05) is 18.2 Å². The Hall–Kier alpha value is -3.16. The fraction of sp³-hybridized carbons (Fsp3) is 0.500. The van der Waals surface area contributed by atoms with Crippen LogP contribution in [0.25, 0.3) is 0 Å². The number of carbonyl (C=O) groups is 1. The van der Waals surface area contributed by atoms with Crippen molar-refractivity contribution in [3.05, 3.63) is 60.2 Å². The molecular weight excluding hydrogens is 491 g/mol. The second-order valence-electron chi connectivity index (χ2n) is 10.9. The van der Waals surface area contributed by atoms with Gasteiger partial charge in [0.15, 0.2) is 0 Å². The minimum absolute atomic E-state index is 0.105. The van der Waals surface area contributed by atoms with E-state index in [0.29, 0.717) is 16.7 Å². The molecule has 3 aliphatic rings. The summed E-state index contributed by atoms with van der Waals surface area (Å²) < 4.78 is 45.6. The van der Waals surface area contributed by atoms with Crippen LogP contribution in [0.1, 0.15) is 60.9 Å². The lowest BCUT2D eigenvalue weighted by Gasteiger charge is -2.35. The maximum atomic E-state index is 13.7. The Balaban J connectivity index is 1.38. The van der Waals surface area contributed by atoms with Crippen LogP contribution in [-0.2, 0) is 6.42 Å². The van der Waals surface area contributed by atoms with E-state index in [2.05, 4.69) is 22.9 Å². The Kier molecular flexibility index (Phi) is 7.59. The van der Waals surface area contributed by atoms with Crippen molar-refractivity contribution in [2.75, 3.05) is 48.2 Å². The molecule has 5 rings (SSSR count). The van der Waals surface area contributed by atoms with Crippen LogP contribution in [0, 0.1) is 5.41 Å². The van der Waals surface area contributed by atoms with Gasteiger partial charge in [-0.2, -0.15) is 0 Å². The number of nitrogens with one attached hydrogen (secondary N) is 1. The van der Waals surface area contributed by atoms with Gasteiger partial charge in [-0.05, 0) is 79.8 Å². The number of ether oxygens (including phenoxy) is 1. The van der Waals surface area contributed by atoms with E-state index in [1.165, 1.54) is 37.3 Å². The highest BCUT2D eigenvalue weighted by Crippen LogP contribution is 2.54. The molecule has 38 heavy (non-hydrogen) atoms. The summed E-state index contributed by atoms with van der Waals surface area (Å²) in [7, 11) is 0. The number of hydrogen-bond donors (Lipinski definition) is 1. The molecule has 1 aliphatic carbocycles. The minimum atomic E-state index is -2.71. The molecule has 0 atom stereocenters. The van der Waals surface area contributed by atoms with Crippen LogP contribution in [0.5, 0.6) is 5.75 Å². The van der Waals surface area contributed by atoms with Crippen molar-refractivity contribution >= 4 is 23.0 Å². The summed E-state index contributed by atoms with van der Waals surface area (Å²) in [6.45, 7) is 4.93. The van der Waals surface area contributed by atoms with E-state index < -0.39 is 12.8 Å². The van der Waals surface area contributed by atoms with Crippen molar-refractivity contribution in [1.29, 1.82) is 0 Å². The Morgan fingerprint density at radius 2 is 1.63 bits per heavy atom. The largest absolute Gasteiger partial charge is 0.461 e. The number of alkyl halides is 3. The molecule has 2 heterocycles. The number of piperidine rings is 2. The Morgan fingerprint density at radius 3 is 2.29 bits per heavy atom. The molecule has 2 aromatic rings. The Labute approximate surface area is 222 Å². The smallest absolute Gasteiger partial charge is 0.255 e. The second-order valence-corrected chi connectivity index (χ2v) is 10.9. The molecule has 0 radical (unpaired) electrons. The molecular formula is C30H36F3N3O2. The van der Waals surface area contributed by atoms with Crippen LogP contribution >= 0.6 is 0 Å². The number of halogens is 3. The summed E-state index contributed by atoms with van der Waals surface area (Å²) in [5.74, 6) is -2.78. The van der Waals surface area contributed by atoms with Crippen LogP contribution in [0.15, 0.2) is 49.1 Å². The van der Waals surface area contributed by atoms with Crippen molar-refractivity contribution in [2.45, 2.75) is 57.3 Å². The minimum Gasteiger partial charge on any atom is -0.461 e. The van der Waals surface area contributed by atoms with Gasteiger partial charge < -0.3 is 19.9 Å². The Bertz CT molecular complexity index is 1160. The first-order valence-corrected chi connectivity index (χ1v) is 13.6. The average Bonchev–Trinajstić information content (AvgIpc) is 3.67. The van der Waals surface area contributed by atoms with Crippen LogP contribution < -0.4 is 19.9 Å². The maximum Gasteiger partial charge on any atom is 0.255 e. The molecule has 8 heteroatoms. The lowest BCUT2D eigenvalue weighted by Crippen LogP contribution is -2.39. The van der Waals surface area contributed by atoms with Crippen molar-refractivity contribution in [3.63, 3.8) is 0 Å². The molecule has 2 aromatic carbocycles. The average molecular weight is 528 g/mol. The fourth-order valence-corrected chi connectivity index (χ4v) is 5.62. The molecule has 0 unspecified atom stereocenters. The Morgan fingerprint density at radius 1 is 0.947 bits per heavy atom. The number of amides is 1. The SMILES string of the molecule is C=CCCc1ccc(NC(=O)c2ccc(OCF)c(N3CCC(F)(F)CC3)c2)c(N2CCC3(CC2)CC3)c1. The number of anilines is 3. The van der Waals surface area contributed by atoms with E-state index in [0.717, 1.165) is 37.3 Å². The van der Waals surface area contributed by atoms with Gasteiger partial charge in [0.05, 0.1) is 17.1 Å². The van der Waals surface area contributed by atoms with Crippen LogP contribution in [0.3, 0.4) is 0 Å². The third-order valence-corrected chi connectivity index (χ3v) is 8.34. The first kappa shape index (κ1) is 26.4. The van der Waals surface area contributed by atoms with Crippen molar-refractivity contribution in [3.8, 4) is 5.75 Å². The zero-order chi connectivity index (χ0) is 26.8. The molecule has 0 bridgehead atoms. The highest BCUT2D eigenvalue weighted by Gasteiger charge is 2.44. The van der Waals surface area contributed by atoms with E-state index in [4.69, 9.17) is 4.74 Å². The topological polar surface area (TPSA) is 44.8 Å². The predicted molar refractivity (Wildman–Crippen MR) is 145 cm³/mol. The van der Waals surface area contributed by atoms with E-state index in [-0.39, 0.29) is 37.6 Å². The van der Waals surface area contributed by atoms with Gasteiger partial charge in [0.25, 0.3) is 11.8 Å². The second kappa shape index (κ2) is 10.9. The number of nitrogens with zero attached hydrogens (tertiary/aromatic N) is 2. The van der Waals surface area contributed by atoms with Gasteiger partial charge in [0.1, 0.15) is 5.75 Å². The first-order chi connectivity index (χ1) is 18.3. The van der Waals surface area contributed by atoms with Crippen molar-refractivity contribution < 1.29 is 22.7 Å². The van der Waals surface area contributed by atoms with Gasteiger partial charge in [-0.3, -0.25) is 4.79 Å². The van der Waals surface area contributed by atoms with E-state index in [9.17, 15) is 18.0 Å². The molecule has 1 spiro atoms. The monoisotopic (exact) mass is 527 g/mol. The zero-order valence-corrected chi connectivity index (χ0v) is 21.8. The van der Waals surface area contributed by atoms with Gasteiger partial charge >= 0.3 is 0 Å². The summed E-state index contributed by atoms with van der Waals surface area (Å²) in [4.78, 5) is 17.5. The van der Waals surface area contributed by atoms with Gasteiger partial charge in [-0.25, -0.2) is 13.2 Å². The third kappa shape index (κ3) is 5.94. The zero-order valence-electron chi connectivity index (χ0n) is 21.8. The molecule has 3 fully saturated rings. The predicted octanol–water partition coefficient (Wildman–Crippen LogP) is 6.98. The quantitative estimate of drug-likeness (QED) is 0.358. The standard InChI is InChI=1S/C30H36F3N3O2/c1-2-3-4-22-5-7-24(25(19-22)35-15-11-29(9-10-29)12-16-35)34-28(37)23-6-8-27(38-21-31)26(20-23)36-17-13-30(32,33)14-18-36/h2,5-8,19-20H,1,3-4,9-18,21H2,(H,34,37). The molecule has 1 N–H and O–H groups in total. The molecule has 1 saturated carbocycles. The van der Waals surface area contributed by atoms with Gasteiger partial charge in [-0.15, -0.1) is 6.58 Å². The summed E-state index contributed by atoms with van der Waals surface area (Å²) in [5.41, 5.74) is 4.32. The normalized spacial score (nSPS) is 19.8. The number of benzene rings is 2. The number of rotatable bonds is 9. The number of aryl methyl sites for hydroxylation is 1. The maximum absolute atomic E-state index is 13.7. The summed E-state index contributed by atoms with van der Waals surface area (Å²) in [6, 6.07) is 10.9. The number of allylic oxidation sites excluding steroid dienone is 1. The highest BCUT2D eigenvalue weighted by atomic mass is 19.3. The molecule has 2 aliphatic heterocycles. The summed E-state index contributed by atoms with van der Waals surface area (Å²) in [6.07, 6.45) is 8.07. The summed E-state index contributed by atoms with van der Waals surface area (Å²) in [5, 5.41) is 3.08. The lowest BCUT2D eigenvalue weighted by molar-refractivity contribution is -0.0221. The molecule has 5 nitrogen and oxygen atoms in total. The van der Waals surface area contributed by atoms with Crippen molar-refractivity contribution in [1.82, 2.24) is 0 Å². The summed E-state index contributed by atoms with van der Waals surface area (Å²) >= 11 is 0. The van der Waals surface area contributed by atoms with Gasteiger partial charge in [0, 0.05) is 44.6 Å². The molecule has 1 amide bonds. The number of carbonyl (C=O) groups excluding carboxylic acids is 1. The lowest BCUT2D eigenvalue weighted by atomic mass is 9.93. The van der Waals surface area contributed by atoms with Gasteiger partial charge in [0.2, 0.25) is 6.86 Å². The number of hydrogen-bond acceptors (Lipinski definition) is 4. The highest BCUT2D eigenvalue weighted by molar-refractivity contribution is 6.06. The first-order valence-electron chi connectivity index (χ1n) is 13.6. The third-order valence-electron chi connectivity index (χ3n) is 8.34. The molecule has 204 valence electrons. The fourth-order valence-electron chi connectivity index (χ4n) is 5.62. The van der Waals surface area contributed by atoms with Crippen molar-refractivity contribution in [2.24, 2.45) is 5.41 Å². The molecule has 2 saturated heterocycles. The van der Waals surface area contributed by atoms with E-state index >= 15 is 0 Å². The van der Waals surface area contributed by atoms with E-state index in [1.54, 1.807) is 17.0 Å². The van der Waals surface area contributed by atoms with Crippen LogP contribution in [0.2, 0.25) is 0 Å². The van der Waals surface area contributed by atoms with Crippen LogP contribution in [-0.4, -0.2) is 44.9 Å². The van der Waals surface area contributed by atoms with Crippen LogP contribution in [0.4, 0.5) is 30.2 Å².